The fourth-order valence-electron chi connectivity index (χ4n) is 1.31. The van der Waals surface area contributed by atoms with Crippen molar-refractivity contribution in [2.24, 2.45) is 0 Å². The average Bonchev–Trinajstić information content (AvgIpc) is 2.72. The van der Waals surface area contributed by atoms with E-state index in [9.17, 15) is 4.79 Å². The first kappa shape index (κ1) is 12.1. The number of carbonyl (C=O) groups excluding carboxylic acids is 1. The third-order valence-corrected chi connectivity index (χ3v) is 2.82. The summed E-state index contributed by atoms with van der Waals surface area (Å²) < 4.78 is 0. The summed E-state index contributed by atoms with van der Waals surface area (Å²) in [5, 5.41) is 5.07. The van der Waals surface area contributed by atoms with Crippen LogP contribution in [0, 0.1) is 0 Å². The molecule has 0 aliphatic heterocycles. The molecule has 15 heavy (non-hydrogen) atoms. The van der Waals surface area contributed by atoms with Crippen LogP contribution >= 0.6 is 11.3 Å². The van der Waals surface area contributed by atoms with Crippen molar-refractivity contribution in [3.8, 4) is 0 Å². The van der Waals surface area contributed by atoms with Crippen molar-refractivity contribution >= 4 is 17.2 Å². The van der Waals surface area contributed by atoms with E-state index in [-0.39, 0.29) is 5.91 Å². The quantitative estimate of drug-likeness (QED) is 0.791. The van der Waals surface area contributed by atoms with E-state index >= 15 is 0 Å². The van der Waals surface area contributed by atoms with Crippen molar-refractivity contribution in [1.82, 2.24) is 15.2 Å². The molecule has 0 atom stereocenters. The Hall–Kier alpha value is -0.940. The molecule has 1 N–H and O–H groups in total. The SMILES string of the molecule is CCN(CC)C(=O)CNCc1cscn1. The lowest BCUT2D eigenvalue weighted by molar-refractivity contribution is -0.129. The van der Waals surface area contributed by atoms with Crippen LogP contribution in [-0.4, -0.2) is 35.4 Å². The summed E-state index contributed by atoms with van der Waals surface area (Å²) in [6, 6.07) is 0. The summed E-state index contributed by atoms with van der Waals surface area (Å²) in [4.78, 5) is 17.5. The van der Waals surface area contributed by atoms with Gasteiger partial charge in [0.15, 0.2) is 0 Å². The van der Waals surface area contributed by atoms with Crippen molar-refractivity contribution in [2.45, 2.75) is 20.4 Å². The van der Waals surface area contributed by atoms with Gasteiger partial charge in [0.05, 0.1) is 17.7 Å². The summed E-state index contributed by atoms with van der Waals surface area (Å²) in [6.45, 7) is 6.57. The van der Waals surface area contributed by atoms with Crippen LogP contribution in [0.1, 0.15) is 19.5 Å². The minimum atomic E-state index is 0.148. The van der Waals surface area contributed by atoms with Gasteiger partial charge in [0.2, 0.25) is 5.91 Å². The molecule has 1 amide bonds. The normalized spacial score (nSPS) is 10.3. The lowest BCUT2D eigenvalue weighted by Crippen LogP contribution is -2.37. The van der Waals surface area contributed by atoms with Gasteiger partial charge in [0, 0.05) is 25.0 Å². The smallest absolute Gasteiger partial charge is 0.236 e. The number of carbonyl (C=O) groups is 1. The second-order valence-corrected chi connectivity index (χ2v) is 3.87. The first-order chi connectivity index (χ1) is 7.27. The van der Waals surface area contributed by atoms with Gasteiger partial charge in [-0.1, -0.05) is 0 Å². The highest BCUT2D eigenvalue weighted by atomic mass is 32.1. The van der Waals surface area contributed by atoms with Crippen molar-refractivity contribution in [3.05, 3.63) is 16.6 Å². The zero-order chi connectivity index (χ0) is 11.1. The first-order valence-corrected chi connectivity index (χ1v) is 6.07. The Balaban J connectivity index is 2.22. The molecule has 5 heteroatoms. The highest BCUT2D eigenvalue weighted by Gasteiger charge is 2.08. The van der Waals surface area contributed by atoms with Crippen molar-refractivity contribution in [3.63, 3.8) is 0 Å². The summed E-state index contributed by atoms with van der Waals surface area (Å²) in [6.07, 6.45) is 0. The molecule has 0 unspecified atom stereocenters. The van der Waals surface area contributed by atoms with E-state index in [0.717, 1.165) is 18.8 Å². The number of aromatic nitrogens is 1. The minimum absolute atomic E-state index is 0.148. The number of hydrogen-bond donors (Lipinski definition) is 1. The molecule has 0 fully saturated rings. The van der Waals surface area contributed by atoms with Gasteiger partial charge in [-0.2, -0.15) is 0 Å². The van der Waals surface area contributed by atoms with E-state index in [2.05, 4.69) is 10.3 Å². The highest BCUT2D eigenvalue weighted by Crippen LogP contribution is 1.99. The standard InChI is InChI=1S/C10H17N3OS/c1-3-13(4-2)10(14)6-11-5-9-7-15-8-12-9/h7-8,11H,3-6H2,1-2H3. The van der Waals surface area contributed by atoms with E-state index in [0.29, 0.717) is 13.1 Å². The maximum atomic E-state index is 11.6. The van der Waals surface area contributed by atoms with Gasteiger partial charge < -0.3 is 10.2 Å². The molecule has 84 valence electrons. The van der Waals surface area contributed by atoms with Crippen LogP contribution in [-0.2, 0) is 11.3 Å². The van der Waals surface area contributed by atoms with Crippen LogP contribution in [0.25, 0.3) is 0 Å². The maximum absolute atomic E-state index is 11.6. The molecule has 0 bridgehead atoms. The van der Waals surface area contributed by atoms with Crippen LogP contribution in [0.5, 0.6) is 0 Å². The second kappa shape index (κ2) is 6.53. The zero-order valence-electron chi connectivity index (χ0n) is 9.19. The van der Waals surface area contributed by atoms with Crippen LogP contribution in [0.15, 0.2) is 10.9 Å². The molecular weight excluding hydrogens is 210 g/mol. The van der Waals surface area contributed by atoms with E-state index in [1.54, 1.807) is 16.8 Å². The Morgan fingerprint density at radius 2 is 2.27 bits per heavy atom. The van der Waals surface area contributed by atoms with Crippen LogP contribution < -0.4 is 5.32 Å². The van der Waals surface area contributed by atoms with Gasteiger partial charge in [-0.25, -0.2) is 4.98 Å². The Kier molecular flexibility index (Phi) is 5.28. The maximum Gasteiger partial charge on any atom is 0.236 e. The number of hydrogen-bond acceptors (Lipinski definition) is 4. The number of nitrogens with one attached hydrogen (secondary N) is 1. The lowest BCUT2D eigenvalue weighted by Gasteiger charge is -2.18. The molecule has 1 heterocycles. The van der Waals surface area contributed by atoms with E-state index < -0.39 is 0 Å². The van der Waals surface area contributed by atoms with Gasteiger partial charge in [0.1, 0.15) is 0 Å². The molecule has 0 aliphatic rings. The van der Waals surface area contributed by atoms with E-state index in [1.165, 1.54) is 0 Å². The highest BCUT2D eigenvalue weighted by molar-refractivity contribution is 7.07. The Morgan fingerprint density at radius 3 is 2.80 bits per heavy atom. The van der Waals surface area contributed by atoms with Gasteiger partial charge in [-0.3, -0.25) is 4.79 Å². The minimum Gasteiger partial charge on any atom is -0.342 e. The summed E-state index contributed by atoms with van der Waals surface area (Å²) in [5.41, 5.74) is 2.79. The fourth-order valence-corrected chi connectivity index (χ4v) is 1.87. The Labute approximate surface area is 94.3 Å². The number of amides is 1. The summed E-state index contributed by atoms with van der Waals surface area (Å²) in [7, 11) is 0. The molecule has 0 saturated carbocycles. The van der Waals surface area contributed by atoms with Crippen molar-refractivity contribution < 1.29 is 4.79 Å². The molecule has 4 nitrogen and oxygen atoms in total. The van der Waals surface area contributed by atoms with Gasteiger partial charge in [-0.05, 0) is 13.8 Å². The summed E-state index contributed by atoms with van der Waals surface area (Å²) >= 11 is 1.57. The molecule has 1 aromatic rings. The number of nitrogens with zero attached hydrogens (tertiary/aromatic N) is 2. The Morgan fingerprint density at radius 1 is 1.53 bits per heavy atom. The molecule has 0 spiro atoms. The number of thiazole rings is 1. The topological polar surface area (TPSA) is 45.2 Å². The molecule has 0 radical (unpaired) electrons. The zero-order valence-corrected chi connectivity index (χ0v) is 10.0. The van der Waals surface area contributed by atoms with Crippen molar-refractivity contribution in [2.75, 3.05) is 19.6 Å². The van der Waals surface area contributed by atoms with E-state index in [1.807, 2.05) is 24.1 Å². The Bertz CT molecular complexity index is 283. The molecule has 1 aromatic heterocycles. The number of rotatable bonds is 6. The molecule has 1 rings (SSSR count). The second-order valence-electron chi connectivity index (χ2n) is 3.15. The van der Waals surface area contributed by atoms with Gasteiger partial charge >= 0.3 is 0 Å². The average molecular weight is 227 g/mol. The van der Waals surface area contributed by atoms with Crippen molar-refractivity contribution in [1.29, 1.82) is 0 Å². The largest absolute Gasteiger partial charge is 0.342 e. The third kappa shape index (κ3) is 3.97. The predicted molar refractivity (Wildman–Crippen MR) is 61.7 cm³/mol. The van der Waals surface area contributed by atoms with Crippen LogP contribution in [0.2, 0.25) is 0 Å². The van der Waals surface area contributed by atoms with Gasteiger partial charge in [0.25, 0.3) is 0 Å². The van der Waals surface area contributed by atoms with Crippen LogP contribution in [0.4, 0.5) is 0 Å². The van der Waals surface area contributed by atoms with E-state index in [4.69, 9.17) is 0 Å². The molecule has 0 saturated heterocycles. The number of likely N-dealkylation sites (N-methyl/N-ethyl adjacent to an activating group) is 1. The third-order valence-electron chi connectivity index (χ3n) is 2.18. The monoisotopic (exact) mass is 227 g/mol. The molecule has 0 aromatic carbocycles. The van der Waals surface area contributed by atoms with Crippen LogP contribution in [0.3, 0.4) is 0 Å². The molecular formula is C10H17N3OS. The molecule has 0 aliphatic carbocycles. The first-order valence-electron chi connectivity index (χ1n) is 5.13. The summed E-state index contributed by atoms with van der Waals surface area (Å²) in [5.74, 6) is 0.148. The predicted octanol–water partition coefficient (Wildman–Crippen LogP) is 1.10. The lowest BCUT2D eigenvalue weighted by atomic mass is 10.4. The fraction of sp³-hybridized carbons (Fsp3) is 0.600. The van der Waals surface area contributed by atoms with Gasteiger partial charge in [-0.15, -0.1) is 11.3 Å².